The summed E-state index contributed by atoms with van der Waals surface area (Å²) in [5.41, 5.74) is 0. The molecule has 0 saturated heterocycles. The van der Waals surface area contributed by atoms with E-state index in [1.165, 1.54) is 18.2 Å². The molecule has 1 aromatic rings. The number of aromatic hydroxyl groups is 2. The lowest BCUT2D eigenvalue weighted by atomic mass is 10.3. The Bertz CT molecular complexity index is 169. The molecule has 0 aliphatic carbocycles. The van der Waals surface area contributed by atoms with Gasteiger partial charge >= 0.3 is 0 Å². The van der Waals surface area contributed by atoms with Crippen LogP contribution in [0.1, 0.15) is 0 Å². The van der Waals surface area contributed by atoms with Gasteiger partial charge in [-0.3, -0.25) is 0 Å². The molecule has 1 rings (SSSR count). The number of hydrogen-bond acceptors (Lipinski definition) is 2. The van der Waals surface area contributed by atoms with Crippen molar-refractivity contribution in [2.24, 2.45) is 0 Å². The summed E-state index contributed by atoms with van der Waals surface area (Å²) in [6.45, 7) is 0. The predicted molar refractivity (Wildman–Crippen MR) is 32.8 cm³/mol. The number of hydrogen-bond donors (Lipinski definition) is 2. The summed E-state index contributed by atoms with van der Waals surface area (Å²) in [5, 5.41) is 24.4. The first-order valence-corrected chi connectivity index (χ1v) is 2.43. The van der Waals surface area contributed by atoms with Gasteiger partial charge in [-0.25, -0.2) is 0 Å². The van der Waals surface area contributed by atoms with Gasteiger partial charge in [-0.2, -0.15) is 0 Å². The van der Waals surface area contributed by atoms with Gasteiger partial charge in [0.05, 0.1) is 12.1 Å². The van der Waals surface area contributed by atoms with Crippen molar-refractivity contribution in [3.05, 3.63) is 18.2 Å². The molecule has 0 aromatic heterocycles. The Morgan fingerprint density at radius 1 is 1.00 bits per heavy atom. The second-order valence-electron chi connectivity index (χ2n) is 1.74. The van der Waals surface area contributed by atoms with Crippen molar-refractivity contribution < 1.29 is 15.3 Å². The third-order valence-corrected chi connectivity index (χ3v) is 0.903. The van der Waals surface area contributed by atoms with Crippen LogP contribution in [0.4, 0.5) is 0 Å². The highest BCUT2D eigenvalue weighted by molar-refractivity contribution is 5.39. The summed E-state index contributed by atoms with van der Waals surface area (Å²) >= 11 is 0. The van der Waals surface area contributed by atoms with Crippen LogP contribution in [0, 0.1) is 0 Å². The monoisotopic (exact) mass is 127 g/mol. The first-order chi connectivity index (χ1) is 4.18. The summed E-state index contributed by atoms with van der Waals surface area (Å²) < 4.78 is 0. The van der Waals surface area contributed by atoms with E-state index in [1.54, 1.807) is 0 Å². The smallest absolute Gasteiger partial charge is 0.261 e. The molecular weight excluding hydrogens is 120 g/mol. The van der Waals surface area contributed by atoms with Crippen LogP contribution >= 0.6 is 0 Å². The highest BCUT2D eigenvalue weighted by Crippen LogP contribution is 2.23. The first kappa shape index (κ1) is 5.75. The van der Waals surface area contributed by atoms with Crippen molar-refractivity contribution in [3.63, 3.8) is 0 Å². The van der Waals surface area contributed by atoms with Gasteiger partial charge in [0.15, 0.2) is 0 Å². The number of phenolic OH excluding ortho intramolecular Hbond substituents is 2. The quantitative estimate of drug-likeness (QED) is 0.499. The van der Waals surface area contributed by atoms with Crippen LogP contribution in [0.3, 0.4) is 0 Å². The maximum absolute atomic E-state index is 8.71. The summed E-state index contributed by atoms with van der Waals surface area (Å²) in [5.74, 6) is -0.0625. The third kappa shape index (κ3) is 1.25. The molecule has 1 aromatic carbocycles. The molecule has 0 unspecified atom stereocenters. The molecule has 0 saturated carbocycles. The Balaban J connectivity index is 3.17. The lowest BCUT2D eigenvalue weighted by molar-refractivity contribution is 0.428. The molecule has 9 heavy (non-hydrogen) atoms. The Morgan fingerprint density at radius 3 is 1.78 bits per heavy atom. The average molecular weight is 127 g/mol. The highest BCUT2D eigenvalue weighted by Gasteiger charge is 1.98. The fourth-order valence-corrected chi connectivity index (χ4v) is 0.595. The van der Waals surface area contributed by atoms with Crippen molar-refractivity contribution in [1.82, 2.24) is 0 Å². The molecule has 0 aliphatic heterocycles. The van der Waals surface area contributed by atoms with Gasteiger partial charge in [-0.1, -0.05) is 0 Å². The zero-order chi connectivity index (χ0) is 6.85. The van der Waals surface area contributed by atoms with Gasteiger partial charge < -0.3 is 15.3 Å². The van der Waals surface area contributed by atoms with Gasteiger partial charge in [0, 0.05) is 6.07 Å². The van der Waals surface area contributed by atoms with E-state index in [4.69, 9.17) is 15.3 Å². The van der Waals surface area contributed by atoms with Crippen molar-refractivity contribution in [3.8, 4) is 17.2 Å². The Hall–Kier alpha value is -1.38. The topological polar surface area (TPSA) is 63.4 Å². The maximum atomic E-state index is 8.71. The van der Waals surface area contributed by atoms with Crippen LogP contribution in [0.5, 0.6) is 17.2 Å². The lowest BCUT2D eigenvalue weighted by Gasteiger charge is -1.91. The molecule has 3 nitrogen and oxygen atoms in total. The second kappa shape index (κ2) is 1.85. The molecule has 0 fully saturated rings. The lowest BCUT2D eigenvalue weighted by Crippen LogP contribution is -1.66. The number of rotatable bonds is 0. The Morgan fingerprint density at radius 2 is 1.44 bits per heavy atom. The molecule has 0 amide bonds. The fraction of sp³-hybridized carbons (Fsp3) is 0. The summed E-state index contributed by atoms with van der Waals surface area (Å²) in [6.07, 6.45) is 0. The zero-order valence-corrected chi connectivity index (χ0v) is 4.63. The molecular formula is C6H7O3+. The zero-order valence-electron chi connectivity index (χ0n) is 4.63. The molecule has 4 N–H and O–H groups in total. The minimum absolute atomic E-state index is 0.0833. The van der Waals surface area contributed by atoms with Gasteiger partial charge in [0.2, 0.25) is 0 Å². The average Bonchev–Trinajstić information content (AvgIpc) is 1.59. The summed E-state index contributed by atoms with van der Waals surface area (Å²) in [7, 11) is 0. The molecule has 0 bridgehead atoms. The largest absolute Gasteiger partial charge is 0.593 e. The minimum Gasteiger partial charge on any atom is -0.593 e. The fourth-order valence-electron chi connectivity index (χ4n) is 0.595. The molecule has 48 valence electrons. The van der Waals surface area contributed by atoms with Gasteiger partial charge in [0.1, 0.15) is 11.5 Å². The Kier molecular flexibility index (Phi) is 1.18. The first-order valence-electron chi connectivity index (χ1n) is 2.43. The maximum Gasteiger partial charge on any atom is 0.261 e. The van der Waals surface area contributed by atoms with Gasteiger partial charge in [0.25, 0.3) is 5.75 Å². The molecule has 0 spiro atoms. The highest BCUT2D eigenvalue weighted by atomic mass is 16.3. The predicted octanol–water partition coefficient (Wildman–Crippen LogP) is 0.536. The van der Waals surface area contributed by atoms with E-state index in [2.05, 4.69) is 0 Å². The van der Waals surface area contributed by atoms with E-state index in [0.29, 0.717) is 0 Å². The van der Waals surface area contributed by atoms with Crippen molar-refractivity contribution in [1.29, 1.82) is 0 Å². The molecule has 0 heterocycles. The van der Waals surface area contributed by atoms with E-state index < -0.39 is 0 Å². The van der Waals surface area contributed by atoms with E-state index in [1.807, 2.05) is 0 Å². The van der Waals surface area contributed by atoms with Gasteiger partial charge in [-0.05, 0) is 0 Å². The van der Waals surface area contributed by atoms with Crippen LogP contribution in [0.25, 0.3) is 0 Å². The van der Waals surface area contributed by atoms with E-state index in [9.17, 15) is 0 Å². The Labute approximate surface area is 51.8 Å². The normalized spacial score (nSPS) is 9.33. The van der Waals surface area contributed by atoms with Crippen molar-refractivity contribution >= 4 is 0 Å². The van der Waals surface area contributed by atoms with Crippen molar-refractivity contribution in [2.45, 2.75) is 0 Å². The van der Waals surface area contributed by atoms with Crippen LogP contribution < -0.4 is 0 Å². The SMILES string of the molecule is Oc1cc(O)cc([OH2+])c1. The standard InChI is InChI=1S/C6H6O3/c7-4-1-5(8)3-6(9)2-4/h1-3,7-9H/p+1. The third-order valence-electron chi connectivity index (χ3n) is 0.903. The number of benzene rings is 1. The second-order valence-corrected chi connectivity index (χ2v) is 1.74. The summed E-state index contributed by atoms with van der Waals surface area (Å²) in [6, 6.07) is 3.68. The summed E-state index contributed by atoms with van der Waals surface area (Å²) in [4.78, 5) is 0. The van der Waals surface area contributed by atoms with E-state index in [0.717, 1.165) is 0 Å². The number of phenols is 2. The molecule has 0 aliphatic rings. The molecule has 3 heteroatoms. The van der Waals surface area contributed by atoms with Crippen LogP contribution in [-0.2, 0) is 0 Å². The van der Waals surface area contributed by atoms with Crippen LogP contribution in [0.15, 0.2) is 18.2 Å². The van der Waals surface area contributed by atoms with E-state index in [-0.39, 0.29) is 17.2 Å². The minimum atomic E-state index is -0.0833. The van der Waals surface area contributed by atoms with E-state index >= 15 is 0 Å². The van der Waals surface area contributed by atoms with Crippen LogP contribution in [0.2, 0.25) is 0 Å². The van der Waals surface area contributed by atoms with Crippen LogP contribution in [-0.4, -0.2) is 15.3 Å². The van der Waals surface area contributed by atoms with Crippen molar-refractivity contribution in [2.75, 3.05) is 0 Å². The van der Waals surface area contributed by atoms with Gasteiger partial charge in [-0.15, -0.1) is 0 Å². The molecule has 0 atom stereocenters. The molecule has 0 radical (unpaired) electrons.